The maximum absolute atomic E-state index is 11.0. The van der Waals surface area contributed by atoms with Crippen LogP contribution in [0.25, 0.3) is 10.9 Å². The molecule has 0 aliphatic heterocycles. The Morgan fingerprint density at radius 2 is 1.84 bits per heavy atom. The van der Waals surface area contributed by atoms with Crippen LogP contribution in [0.2, 0.25) is 0 Å². The summed E-state index contributed by atoms with van der Waals surface area (Å²) in [5, 5.41) is 1.02. The van der Waals surface area contributed by atoms with E-state index in [4.69, 9.17) is 0 Å². The standard InChI is InChI=1S/C16H12INO/c17-14-6-4-12(5-7-14)10-18-9-8-15-13(11-19)2-1-3-16(15)18/h1-9,11H,10H2. The van der Waals surface area contributed by atoms with Crippen molar-refractivity contribution in [3.63, 3.8) is 0 Å². The van der Waals surface area contributed by atoms with Crippen LogP contribution in [0.1, 0.15) is 15.9 Å². The molecule has 2 aromatic carbocycles. The van der Waals surface area contributed by atoms with Crippen LogP contribution >= 0.6 is 22.6 Å². The number of hydrogen-bond donors (Lipinski definition) is 0. The molecule has 0 spiro atoms. The number of aromatic nitrogens is 1. The summed E-state index contributed by atoms with van der Waals surface area (Å²) < 4.78 is 3.41. The van der Waals surface area contributed by atoms with Gasteiger partial charge >= 0.3 is 0 Å². The molecule has 0 radical (unpaired) electrons. The zero-order valence-corrected chi connectivity index (χ0v) is 12.4. The van der Waals surface area contributed by atoms with Crippen LogP contribution in [0.5, 0.6) is 0 Å². The predicted octanol–water partition coefficient (Wildman–Crippen LogP) is 4.11. The Balaban J connectivity index is 2.02. The zero-order valence-electron chi connectivity index (χ0n) is 10.2. The molecule has 0 amide bonds. The SMILES string of the molecule is O=Cc1cccc2c1ccn2Cc1ccc(I)cc1. The third kappa shape index (κ3) is 2.42. The van der Waals surface area contributed by atoms with E-state index in [9.17, 15) is 4.79 Å². The van der Waals surface area contributed by atoms with Crippen molar-refractivity contribution in [1.82, 2.24) is 4.57 Å². The molecule has 0 saturated carbocycles. The van der Waals surface area contributed by atoms with E-state index in [1.54, 1.807) is 0 Å². The lowest BCUT2D eigenvalue weighted by Crippen LogP contribution is -1.97. The summed E-state index contributed by atoms with van der Waals surface area (Å²) >= 11 is 2.30. The van der Waals surface area contributed by atoms with Gasteiger partial charge in [-0.3, -0.25) is 4.79 Å². The van der Waals surface area contributed by atoms with Gasteiger partial charge in [-0.15, -0.1) is 0 Å². The molecule has 0 fully saturated rings. The number of nitrogens with zero attached hydrogens (tertiary/aromatic N) is 1. The summed E-state index contributed by atoms with van der Waals surface area (Å²) in [6.07, 6.45) is 2.95. The number of benzene rings is 2. The van der Waals surface area contributed by atoms with Crippen LogP contribution in [0.4, 0.5) is 0 Å². The van der Waals surface area contributed by atoms with Gasteiger partial charge in [0.25, 0.3) is 0 Å². The highest BCUT2D eigenvalue weighted by atomic mass is 127. The molecule has 0 atom stereocenters. The lowest BCUT2D eigenvalue weighted by molar-refractivity contribution is 0.112. The number of carbonyl (C=O) groups excluding carboxylic acids is 1. The van der Waals surface area contributed by atoms with Crippen molar-refractivity contribution >= 4 is 39.8 Å². The summed E-state index contributed by atoms with van der Waals surface area (Å²) in [5.41, 5.74) is 3.11. The van der Waals surface area contributed by atoms with Gasteiger partial charge in [0.05, 0.1) is 0 Å². The molecular formula is C16H12INO. The lowest BCUT2D eigenvalue weighted by atomic mass is 10.1. The van der Waals surface area contributed by atoms with Crippen molar-refractivity contribution in [2.75, 3.05) is 0 Å². The summed E-state index contributed by atoms with van der Waals surface area (Å²) in [5.74, 6) is 0. The molecule has 0 aliphatic rings. The lowest BCUT2D eigenvalue weighted by Gasteiger charge is -2.06. The molecule has 0 bridgehead atoms. The third-order valence-corrected chi connectivity index (χ3v) is 3.96. The number of hydrogen-bond acceptors (Lipinski definition) is 1. The molecule has 1 heterocycles. The zero-order chi connectivity index (χ0) is 13.2. The monoisotopic (exact) mass is 361 g/mol. The average molecular weight is 361 g/mol. The normalized spacial score (nSPS) is 10.8. The fourth-order valence-electron chi connectivity index (χ4n) is 2.27. The first-order valence-electron chi connectivity index (χ1n) is 6.05. The van der Waals surface area contributed by atoms with Crippen LogP contribution in [-0.2, 0) is 6.54 Å². The Morgan fingerprint density at radius 1 is 1.05 bits per heavy atom. The molecule has 3 heteroatoms. The molecule has 94 valence electrons. The summed E-state index contributed by atoms with van der Waals surface area (Å²) in [6, 6.07) is 16.3. The molecular weight excluding hydrogens is 349 g/mol. The van der Waals surface area contributed by atoms with Crippen molar-refractivity contribution in [3.05, 3.63) is 69.4 Å². The Bertz CT molecular complexity index is 728. The van der Waals surface area contributed by atoms with Gasteiger partial charge in [0, 0.05) is 32.8 Å². The van der Waals surface area contributed by atoms with E-state index in [-0.39, 0.29) is 0 Å². The van der Waals surface area contributed by atoms with Crippen LogP contribution in [0, 0.1) is 3.57 Å². The Kier molecular flexibility index (Phi) is 3.38. The number of halogens is 1. The van der Waals surface area contributed by atoms with Gasteiger partial charge in [-0.25, -0.2) is 0 Å². The number of rotatable bonds is 3. The number of carbonyl (C=O) groups is 1. The van der Waals surface area contributed by atoms with E-state index in [0.717, 1.165) is 29.3 Å². The van der Waals surface area contributed by atoms with Gasteiger partial charge in [0.2, 0.25) is 0 Å². The summed E-state index contributed by atoms with van der Waals surface area (Å²) in [7, 11) is 0. The minimum atomic E-state index is 0.749. The fraction of sp³-hybridized carbons (Fsp3) is 0.0625. The molecule has 0 unspecified atom stereocenters. The number of fused-ring (bicyclic) bond motifs is 1. The number of aldehydes is 1. The molecule has 0 N–H and O–H groups in total. The van der Waals surface area contributed by atoms with E-state index in [1.807, 2.05) is 24.4 Å². The van der Waals surface area contributed by atoms with Crippen LogP contribution < -0.4 is 0 Å². The molecule has 19 heavy (non-hydrogen) atoms. The van der Waals surface area contributed by atoms with Gasteiger partial charge in [0.1, 0.15) is 0 Å². The van der Waals surface area contributed by atoms with Crippen LogP contribution in [0.3, 0.4) is 0 Å². The first kappa shape index (κ1) is 12.4. The molecule has 0 aliphatic carbocycles. The highest BCUT2D eigenvalue weighted by molar-refractivity contribution is 14.1. The van der Waals surface area contributed by atoms with E-state index in [2.05, 4.69) is 57.5 Å². The third-order valence-electron chi connectivity index (χ3n) is 3.24. The van der Waals surface area contributed by atoms with Gasteiger partial charge in [0.15, 0.2) is 6.29 Å². The molecule has 0 saturated heterocycles. The van der Waals surface area contributed by atoms with Crippen molar-refractivity contribution < 1.29 is 4.79 Å². The van der Waals surface area contributed by atoms with Crippen LogP contribution in [0.15, 0.2) is 54.7 Å². The second-order valence-electron chi connectivity index (χ2n) is 4.47. The van der Waals surface area contributed by atoms with E-state index in [1.165, 1.54) is 9.13 Å². The topological polar surface area (TPSA) is 22.0 Å². The maximum atomic E-state index is 11.0. The Labute approximate surface area is 125 Å². The van der Waals surface area contributed by atoms with Gasteiger partial charge in [-0.05, 0) is 52.4 Å². The molecule has 2 nitrogen and oxygen atoms in total. The van der Waals surface area contributed by atoms with Gasteiger partial charge < -0.3 is 4.57 Å². The highest BCUT2D eigenvalue weighted by Crippen LogP contribution is 2.20. The first-order valence-corrected chi connectivity index (χ1v) is 7.13. The smallest absolute Gasteiger partial charge is 0.150 e. The van der Waals surface area contributed by atoms with Crippen molar-refractivity contribution in [2.24, 2.45) is 0 Å². The minimum absolute atomic E-state index is 0.749. The molecule has 1 aromatic heterocycles. The molecule has 3 rings (SSSR count). The van der Waals surface area contributed by atoms with Gasteiger partial charge in [-0.2, -0.15) is 0 Å². The summed E-state index contributed by atoms with van der Waals surface area (Å²) in [6.45, 7) is 0.822. The van der Waals surface area contributed by atoms with E-state index >= 15 is 0 Å². The minimum Gasteiger partial charge on any atom is -0.343 e. The van der Waals surface area contributed by atoms with E-state index in [0.29, 0.717) is 0 Å². The Morgan fingerprint density at radius 3 is 2.58 bits per heavy atom. The van der Waals surface area contributed by atoms with E-state index < -0.39 is 0 Å². The highest BCUT2D eigenvalue weighted by Gasteiger charge is 2.05. The van der Waals surface area contributed by atoms with Crippen LogP contribution in [-0.4, -0.2) is 10.9 Å². The largest absolute Gasteiger partial charge is 0.343 e. The maximum Gasteiger partial charge on any atom is 0.150 e. The van der Waals surface area contributed by atoms with Crippen molar-refractivity contribution in [3.8, 4) is 0 Å². The Hall–Kier alpha value is -1.62. The second kappa shape index (κ2) is 5.17. The predicted molar refractivity (Wildman–Crippen MR) is 85.6 cm³/mol. The quantitative estimate of drug-likeness (QED) is 0.509. The second-order valence-corrected chi connectivity index (χ2v) is 5.71. The average Bonchev–Trinajstić information content (AvgIpc) is 2.84. The molecule has 3 aromatic rings. The van der Waals surface area contributed by atoms with Gasteiger partial charge in [-0.1, -0.05) is 24.3 Å². The summed E-state index contributed by atoms with van der Waals surface area (Å²) in [4.78, 5) is 11.0. The first-order chi connectivity index (χ1) is 9.28. The fourth-order valence-corrected chi connectivity index (χ4v) is 2.63. The van der Waals surface area contributed by atoms with Crippen molar-refractivity contribution in [2.45, 2.75) is 6.54 Å². The van der Waals surface area contributed by atoms with Crippen molar-refractivity contribution in [1.29, 1.82) is 0 Å².